The van der Waals surface area contributed by atoms with E-state index in [2.05, 4.69) is 30.9 Å². The van der Waals surface area contributed by atoms with Crippen molar-refractivity contribution < 1.29 is 9.59 Å². The number of hydrogen-bond acceptors (Lipinski definition) is 6. The number of benzene rings is 3. The molecule has 200 valence electrons. The van der Waals surface area contributed by atoms with Gasteiger partial charge in [-0.15, -0.1) is 0 Å². The number of fused-ring (bicyclic) bond motifs is 1. The Morgan fingerprint density at radius 1 is 0.925 bits per heavy atom. The predicted octanol–water partition coefficient (Wildman–Crippen LogP) is 6.29. The van der Waals surface area contributed by atoms with Crippen LogP contribution in [0.5, 0.6) is 0 Å². The zero-order valence-corrected chi connectivity index (χ0v) is 22.5. The maximum Gasteiger partial charge on any atom is 0.255 e. The van der Waals surface area contributed by atoms with E-state index in [-0.39, 0.29) is 11.8 Å². The van der Waals surface area contributed by atoms with E-state index in [9.17, 15) is 9.59 Å². The van der Waals surface area contributed by atoms with Gasteiger partial charge in [-0.1, -0.05) is 35.9 Å². The van der Waals surface area contributed by atoms with Crippen LogP contribution in [0, 0.1) is 0 Å². The zero-order valence-electron chi connectivity index (χ0n) is 21.8. The number of halogens is 1. The second-order valence-electron chi connectivity index (χ2n) is 9.14. The first-order chi connectivity index (χ1) is 19.4. The maximum atomic E-state index is 12.8. The van der Waals surface area contributed by atoms with Crippen LogP contribution in [0.2, 0.25) is 5.02 Å². The van der Waals surface area contributed by atoms with Crippen molar-refractivity contribution in [3.63, 3.8) is 0 Å². The number of carbonyl (C=O) groups excluding carboxylic acids is 2. The van der Waals surface area contributed by atoms with Gasteiger partial charge in [-0.3, -0.25) is 9.59 Å². The van der Waals surface area contributed by atoms with Gasteiger partial charge in [0.2, 0.25) is 11.9 Å². The molecule has 5 aromatic rings. The van der Waals surface area contributed by atoms with Gasteiger partial charge in [0.05, 0.1) is 16.9 Å². The van der Waals surface area contributed by atoms with Gasteiger partial charge in [0.1, 0.15) is 0 Å². The van der Waals surface area contributed by atoms with Crippen LogP contribution in [-0.4, -0.2) is 45.8 Å². The molecule has 4 N–H and O–H groups in total. The van der Waals surface area contributed by atoms with Crippen LogP contribution in [-0.2, 0) is 4.79 Å². The van der Waals surface area contributed by atoms with Crippen molar-refractivity contribution in [1.29, 1.82) is 0 Å². The van der Waals surface area contributed by atoms with Crippen molar-refractivity contribution in [2.45, 2.75) is 0 Å². The summed E-state index contributed by atoms with van der Waals surface area (Å²) in [6.07, 6.45) is 6.52. The third kappa shape index (κ3) is 6.28. The highest BCUT2D eigenvalue weighted by molar-refractivity contribution is 6.33. The largest absolute Gasteiger partial charge is 0.383 e. The molecule has 0 aliphatic heterocycles. The molecular weight excluding hydrogens is 526 g/mol. The molecule has 0 radical (unpaired) electrons. The molecule has 2 heterocycles. The van der Waals surface area contributed by atoms with Crippen LogP contribution in [0.25, 0.3) is 22.2 Å². The minimum Gasteiger partial charge on any atom is -0.383 e. The monoisotopic (exact) mass is 551 g/mol. The molecule has 0 aliphatic rings. The van der Waals surface area contributed by atoms with Crippen LogP contribution in [0.1, 0.15) is 10.4 Å². The van der Waals surface area contributed by atoms with E-state index in [1.54, 1.807) is 53.7 Å². The number of rotatable bonds is 8. The Morgan fingerprint density at radius 2 is 1.70 bits per heavy atom. The van der Waals surface area contributed by atoms with Gasteiger partial charge >= 0.3 is 0 Å². The highest BCUT2D eigenvalue weighted by atomic mass is 35.5. The number of carbonyl (C=O) groups is 2. The molecule has 0 saturated heterocycles. The van der Waals surface area contributed by atoms with E-state index in [0.29, 0.717) is 39.3 Å². The molecule has 9 nitrogen and oxygen atoms in total. The Labute approximate surface area is 235 Å². The summed E-state index contributed by atoms with van der Waals surface area (Å²) in [5.41, 5.74) is 4.79. The molecule has 0 unspecified atom stereocenters. The number of amides is 2. The third-order valence-electron chi connectivity index (χ3n) is 5.90. The van der Waals surface area contributed by atoms with E-state index in [0.717, 1.165) is 16.5 Å². The van der Waals surface area contributed by atoms with E-state index in [1.807, 2.05) is 56.7 Å². The molecular formula is C30H26ClN7O2. The Balaban J connectivity index is 1.26. The Bertz CT molecular complexity index is 1710. The zero-order chi connectivity index (χ0) is 28.1. The van der Waals surface area contributed by atoms with Gasteiger partial charge in [-0.25, -0.2) is 9.97 Å². The van der Waals surface area contributed by atoms with Crippen LogP contribution in [0.4, 0.5) is 23.0 Å². The predicted molar refractivity (Wildman–Crippen MR) is 160 cm³/mol. The molecule has 2 aromatic heterocycles. The van der Waals surface area contributed by atoms with Crippen LogP contribution < -0.4 is 16.0 Å². The van der Waals surface area contributed by atoms with Crippen molar-refractivity contribution in [3.8, 4) is 11.3 Å². The lowest BCUT2D eigenvalue weighted by Crippen LogP contribution is -2.13. The first-order valence-electron chi connectivity index (χ1n) is 12.4. The minimum atomic E-state index is -0.285. The molecule has 2 amide bonds. The van der Waals surface area contributed by atoms with Crippen LogP contribution in [0.15, 0.2) is 97.5 Å². The molecule has 0 fully saturated rings. The highest BCUT2D eigenvalue weighted by Gasteiger charge is 2.13. The van der Waals surface area contributed by atoms with Gasteiger partial charge in [-0.05, 0) is 48.5 Å². The number of H-pyrrole nitrogens is 1. The number of aromatic nitrogens is 3. The fourth-order valence-electron chi connectivity index (χ4n) is 4.00. The molecule has 10 heteroatoms. The average Bonchev–Trinajstić information content (AvgIpc) is 3.37. The maximum absolute atomic E-state index is 12.8. The average molecular weight is 552 g/mol. The minimum absolute atomic E-state index is 0.256. The third-order valence-corrected chi connectivity index (χ3v) is 6.18. The normalized spacial score (nSPS) is 11.0. The lowest BCUT2D eigenvalue weighted by atomic mass is 10.1. The quantitative estimate of drug-likeness (QED) is 0.168. The van der Waals surface area contributed by atoms with Gasteiger partial charge in [0, 0.05) is 71.7 Å². The summed E-state index contributed by atoms with van der Waals surface area (Å²) >= 11 is 6.45. The number of nitrogens with one attached hydrogen (secondary N) is 4. The van der Waals surface area contributed by atoms with Gasteiger partial charge in [-0.2, -0.15) is 0 Å². The fourth-order valence-corrected chi connectivity index (χ4v) is 4.19. The van der Waals surface area contributed by atoms with Gasteiger partial charge in [0.25, 0.3) is 5.91 Å². The second kappa shape index (κ2) is 11.7. The summed E-state index contributed by atoms with van der Waals surface area (Å²) < 4.78 is 0. The molecule has 0 saturated carbocycles. The Morgan fingerprint density at radius 3 is 2.50 bits per heavy atom. The summed E-state index contributed by atoms with van der Waals surface area (Å²) in [4.78, 5) is 38.8. The van der Waals surface area contributed by atoms with E-state index in [4.69, 9.17) is 11.6 Å². The first kappa shape index (κ1) is 26.5. The molecule has 0 bridgehead atoms. The van der Waals surface area contributed by atoms with E-state index in [1.165, 1.54) is 6.08 Å². The fraction of sp³-hybridized carbons (Fsp3) is 0.0667. The number of nitrogens with zero attached hydrogens (tertiary/aromatic N) is 3. The topological polar surface area (TPSA) is 115 Å². The summed E-state index contributed by atoms with van der Waals surface area (Å²) in [6.45, 7) is 0. The summed E-state index contributed by atoms with van der Waals surface area (Å²) in [5, 5.41) is 10.3. The highest BCUT2D eigenvalue weighted by Crippen LogP contribution is 2.32. The first-order valence-corrected chi connectivity index (χ1v) is 12.8. The van der Waals surface area contributed by atoms with Gasteiger partial charge < -0.3 is 25.8 Å². The van der Waals surface area contributed by atoms with Crippen molar-refractivity contribution in [3.05, 3.63) is 108 Å². The second-order valence-corrected chi connectivity index (χ2v) is 9.55. The summed E-state index contributed by atoms with van der Waals surface area (Å²) in [6, 6.07) is 21.8. The smallest absolute Gasteiger partial charge is 0.255 e. The Hall–Kier alpha value is -5.15. The van der Waals surface area contributed by atoms with E-state index >= 15 is 0 Å². The molecule has 5 rings (SSSR count). The lowest BCUT2D eigenvalue weighted by molar-refractivity contribution is -0.112. The van der Waals surface area contributed by atoms with Crippen LogP contribution >= 0.6 is 11.6 Å². The van der Waals surface area contributed by atoms with E-state index < -0.39 is 0 Å². The Kier molecular flexibility index (Phi) is 7.75. The number of hydrogen-bond donors (Lipinski definition) is 4. The van der Waals surface area contributed by atoms with Crippen LogP contribution in [0.3, 0.4) is 0 Å². The van der Waals surface area contributed by atoms with Gasteiger partial charge in [0.15, 0.2) is 0 Å². The summed E-state index contributed by atoms with van der Waals surface area (Å²) in [7, 11) is 3.66. The SMILES string of the molecule is CN(C)/C=C/C(=O)Nc1ccc(C(=O)Nc2cccc(Nc3ncc(Cl)c(-c4c[nH]c5ccccc45)n3)c2)cc1. The molecule has 3 aromatic carbocycles. The number of aromatic amines is 1. The van der Waals surface area contributed by atoms with Crippen molar-refractivity contribution in [2.24, 2.45) is 0 Å². The molecule has 40 heavy (non-hydrogen) atoms. The van der Waals surface area contributed by atoms with Crippen molar-refractivity contribution in [1.82, 2.24) is 19.9 Å². The standard InChI is InChI=1S/C30H26ClN7O2/c1-38(2)15-14-27(39)34-20-12-10-19(11-13-20)29(40)35-21-6-5-7-22(16-21)36-30-33-18-25(31)28(37-30)24-17-32-26-9-4-3-8-23(24)26/h3-18,32H,1-2H3,(H,34,39)(H,35,40)(H,33,36,37)/b15-14+. The van der Waals surface area contributed by atoms with Crippen molar-refractivity contribution >= 4 is 57.3 Å². The van der Waals surface area contributed by atoms with Crippen molar-refractivity contribution in [2.75, 3.05) is 30.0 Å². The number of para-hydroxylation sites is 1. The molecule has 0 spiro atoms. The lowest BCUT2D eigenvalue weighted by Gasteiger charge is -2.11. The molecule has 0 atom stereocenters. The molecule has 0 aliphatic carbocycles. The number of anilines is 4. The summed E-state index contributed by atoms with van der Waals surface area (Å²) in [5.74, 6) is -0.174.